The van der Waals surface area contributed by atoms with Gasteiger partial charge in [0, 0.05) is 20.6 Å². The van der Waals surface area contributed by atoms with Crippen molar-refractivity contribution in [3.63, 3.8) is 0 Å². The molecule has 2 aromatic rings. The van der Waals surface area contributed by atoms with E-state index >= 15 is 0 Å². The zero-order chi connectivity index (χ0) is 25.4. The van der Waals surface area contributed by atoms with Gasteiger partial charge in [-0.25, -0.2) is 14.5 Å². The van der Waals surface area contributed by atoms with Crippen molar-refractivity contribution < 1.29 is 24.2 Å². The van der Waals surface area contributed by atoms with E-state index < -0.39 is 11.9 Å². The Balaban J connectivity index is 1.24. The third-order valence-corrected chi connectivity index (χ3v) is 7.83. The van der Waals surface area contributed by atoms with Crippen LogP contribution in [0.25, 0.3) is 11.4 Å². The van der Waals surface area contributed by atoms with E-state index in [0.717, 1.165) is 19.3 Å². The first kappa shape index (κ1) is 24.3. The number of fused-ring (bicyclic) bond motifs is 1. The maximum absolute atomic E-state index is 12.5. The Bertz CT molecular complexity index is 1170. The predicted octanol–water partition coefficient (Wildman–Crippen LogP) is 3.60. The van der Waals surface area contributed by atoms with Crippen molar-refractivity contribution in [1.82, 2.24) is 24.9 Å². The number of carboxylic acids is 1. The zero-order valence-corrected chi connectivity index (χ0v) is 21.0. The van der Waals surface area contributed by atoms with Crippen molar-refractivity contribution in [2.75, 3.05) is 13.6 Å². The molecular formula is C26H33N5O5. The number of carboxylic acid groups (broad SMARTS) is 1. The highest BCUT2D eigenvalue weighted by atomic mass is 16.6. The lowest BCUT2D eigenvalue weighted by Crippen LogP contribution is -2.43. The van der Waals surface area contributed by atoms with E-state index in [4.69, 9.17) is 9.47 Å². The second-order valence-electron chi connectivity index (χ2n) is 10.3. The average molecular weight is 496 g/mol. The summed E-state index contributed by atoms with van der Waals surface area (Å²) in [7, 11) is 3.52. The number of pyridine rings is 1. The van der Waals surface area contributed by atoms with Gasteiger partial charge in [0.05, 0.1) is 17.3 Å². The van der Waals surface area contributed by atoms with Crippen LogP contribution in [0.2, 0.25) is 0 Å². The lowest BCUT2D eigenvalue weighted by atomic mass is 9.65. The van der Waals surface area contributed by atoms with Crippen LogP contribution in [0.3, 0.4) is 0 Å². The first-order valence-corrected chi connectivity index (χ1v) is 12.6. The Kier molecular flexibility index (Phi) is 6.68. The van der Waals surface area contributed by atoms with Crippen LogP contribution in [-0.4, -0.2) is 61.7 Å². The van der Waals surface area contributed by atoms with Crippen molar-refractivity contribution >= 4 is 12.1 Å². The van der Waals surface area contributed by atoms with Crippen LogP contribution in [0.15, 0.2) is 24.3 Å². The first-order chi connectivity index (χ1) is 17.3. The quantitative estimate of drug-likeness (QED) is 0.552. The second-order valence-corrected chi connectivity index (χ2v) is 10.3. The van der Waals surface area contributed by atoms with E-state index in [1.807, 2.05) is 25.1 Å². The van der Waals surface area contributed by atoms with Gasteiger partial charge in [-0.3, -0.25) is 4.79 Å². The molecule has 0 saturated heterocycles. The number of aryl methyl sites for hydroxylation is 2. The molecule has 10 heteroatoms. The van der Waals surface area contributed by atoms with Gasteiger partial charge in [-0.1, -0.05) is 23.8 Å². The summed E-state index contributed by atoms with van der Waals surface area (Å²) in [6.07, 6.45) is 8.40. The number of aliphatic carboxylic acids is 1. The minimum absolute atomic E-state index is 0.0420. The first-order valence-electron chi connectivity index (χ1n) is 12.6. The summed E-state index contributed by atoms with van der Waals surface area (Å²) in [4.78, 5) is 30.5. The fourth-order valence-electron chi connectivity index (χ4n) is 5.37. The molecule has 2 saturated carbocycles. The molecule has 2 fully saturated rings. The molecule has 3 aliphatic carbocycles. The number of carbonyl (C=O) groups excluding carboxylic acids is 1. The number of ether oxygens (including phenoxy) is 2. The Labute approximate surface area is 210 Å². The Morgan fingerprint density at radius 1 is 1.22 bits per heavy atom. The lowest BCUT2D eigenvalue weighted by Gasteiger charge is -2.42. The monoisotopic (exact) mass is 495 g/mol. The number of hydrogen-bond donors (Lipinski definition) is 1. The molecule has 0 spiro atoms. The fourth-order valence-corrected chi connectivity index (χ4v) is 5.37. The second kappa shape index (κ2) is 9.91. The van der Waals surface area contributed by atoms with E-state index in [-0.39, 0.29) is 30.6 Å². The number of carbonyl (C=O) groups is 2. The Morgan fingerprint density at radius 3 is 2.67 bits per heavy atom. The highest BCUT2D eigenvalue weighted by molar-refractivity contribution is 5.71. The van der Waals surface area contributed by atoms with Crippen molar-refractivity contribution in [3.8, 4) is 17.1 Å². The van der Waals surface area contributed by atoms with Gasteiger partial charge < -0.3 is 19.5 Å². The van der Waals surface area contributed by atoms with Gasteiger partial charge in [0.15, 0.2) is 0 Å². The molecule has 1 N–H and O–H groups in total. The van der Waals surface area contributed by atoms with Crippen molar-refractivity contribution in [1.29, 1.82) is 0 Å². The highest BCUT2D eigenvalue weighted by Crippen LogP contribution is 2.44. The summed E-state index contributed by atoms with van der Waals surface area (Å²) < 4.78 is 13.4. The van der Waals surface area contributed by atoms with Gasteiger partial charge >= 0.3 is 12.1 Å². The fraction of sp³-hybridized carbons (Fsp3) is 0.577. The van der Waals surface area contributed by atoms with E-state index in [9.17, 15) is 14.7 Å². The van der Waals surface area contributed by atoms with Crippen LogP contribution in [0.4, 0.5) is 4.79 Å². The number of amides is 1. The number of hydrogen-bond acceptors (Lipinski definition) is 7. The molecule has 36 heavy (non-hydrogen) atoms. The van der Waals surface area contributed by atoms with Gasteiger partial charge in [-0.2, -0.15) is 0 Å². The number of nitrogens with zero attached hydrogens (tertiary/aromatic N) is 5. The summed E-state index contributed by atoms with van der Waals surface area (Å²) in [6, 6.07) is 3.65. The maximum atomic E-state index is 12.5. The van der Waals surface area contributed by atoms with E-state index in [1.54, 1.807) is 23.7 Å². The molecule has 0 radical (unpaired) electrons. The van der Waals surface area contributed by atoms with Crippen LogP contribution < -0.4 is 4.74 Å². The largest absolute Gasteiger partial charge is 0.488 e. The molecule has 1 amide bonds. The number of allylic oxidation sites excluding steroid dienone is 2. The van der Waals surface area contributed by atoms with Crippen LogP contribution in [0.1, 0.15) is 43.5 Å². The van der Waals surface area contributed by atoms with Gasteiger partial charge in [-0.05, 0) is 62.5 Å². The molecule has 0 unspecified atom stereocenters. The van der Waals surface area contributed by atoms with Crippen LogP contribution in [0.5, 0.6) is 5.75 Å². The smallest absolute Gasteiger partial charge is 0.409 e. The molecule has 0 bridgehead atoms. The molecule has 5 rings (SSSR count). The molecule has 10 nitrogen and oxygen atoms in total. The zero-order valence-electron chi connectivity index (χ0n) is 21.0. The van der Waals surface area contributed by atoms with Gasteiger partial charge in [0.1, 0.15) is 29.8 Å². The number of aromatic nitrogens is 4. The molecule has 3 aliphatic rings. The van der Waals surface area contributed by atoms with Crippen LogP contribution in [-0.2, 0) is 23.2 Å². The Morgan fingerprint density at radius 2 is 2.03 bits per heavy atom. The van der Waals surface area contributed by atoms with E-state index in [2.05, 4.69) is 21.4 Å². The lowest BCUT2D eigenvalue weighted by molar-refractivity contribution is -0.146. The van der Waals surface area contributed by atoms with Gasteiger partial charge in [-0.15, -0.1) is 5.10 Å². The molecule has 2 aromatic heterocycles. The van der Waals surface area contributed by atoms with Crippen molar-refractivity contribution in [3.05, 3.63) is 35.7 Å². The highest BCUT2D eigenvalue weighted by Gasteiger charge is 2.43. The SMILES string of the molecule is Cc1nc(-c2nnn(C)c2COC(=O)N(C)CC2CCC2)ccc1O[C@@H]1C[C@@H]2C=C[C@@H]2[C@H](C(=O)O)C1. The third-order valence-electron chi connectivity index (χ3n) is 7.83. The minimum Gasteiger partial charge on any atom is -0.488 e. The van der Waals surface area contributed by atoms with Crippen molar-refractivity contribution in [2.45, 2.75) is 51.7 Å². The summed E-state index contributed by atoms with van der Waals surface area (Å²) in [5.74, 6) is 0.395. The normalized spacial score (nSPS) is 24.9. The third kappa shape index (κ3) is 4.81. The van der Waals surface area contributed by atoms with E-state index in [1.165, 1.54) is 6.42 Å². The minimum atomic E-state index is -0.766. The maximum Gasteiger partial charge on any atom is 0.409 e. The Hall–Kier alpha value is -3.43. The van der Waals surface area contributed by atoms with Crippen molar-refractivity contribution in [2.24, 2.45) is 30.7 Å². The van der Waals surface area contributed by atoms with Gasteiger partial charge in [0.2, 0.25) is 0 Å². The van der Waals surface area contributed by atoms with Crippen LogP contribution >= 0.6 is 0 Å². The summed E-state index contributed by atoms with van der Waals surface area (Å²) in [6.45, 7) is 2.61. The molecule has 2 heterocycles. The van der Waals surface area contributed by atoms with E-state index in [0.29, 0.717) is 47.4 Å². The van der Waals surface area contributed by atoms with Crippen LogP contribution in [0, 0.1) is 30.6 Å². The predicted molar refractivity (Wildman–Crippen MR) is 130 cm³/mol. The molecule has 0 aliphatic heterocycles. The molecular weight excluding hydrogens is 462 g/mol. The van der Waals surface area contributed by atoms with Gasteiger partial charge in [0.25, 0.3) is 0 Å². The molecule has 0 aromatic carbocycles. The summed E-state index contributed by atoms with van der Waals surface area (Å²) in [5.41, 5.74) is 2.49. The molecule has 4 atom stereocenters. The summed E-state index contributed by atoms with van der Waals surface area (Å²) >= 11 is 0. The average Bonchev–Trinajstić information content (AvgIpc) is 3.17. The number of rotatable bonds is 8. The molecule has 192 valence electrons. The topological polar surface area (TPSA) is 120 Å². The standard InChI is InChI=1S/C26H33N5O5/c1-15-23(36-18-11-17-7-8-19(17)20(12-18)25(32)33)10-9-21(27-15)24-22(31(3)29-28-24)14-35-26(34)30(2)13-16-5-4-6-16/h7-10,16-20H,4-6,11-14H2,1-3H3,(H,32,33)/t17-,18+,19-,20+/m0/s1. The summed E-state index contributed by atoms with van der Waals surface area (Å²) in [5, 5.41) is 18.0.